The predicted octanol–water partition coefficient (Wildman–Crippen LogP) is -1.66. The maximum absolute atomic E-state index is 10.2. The summed E-state index contributed by atoms with van der Waals surface area (Å²) in [7, 11) is -3.36. The zero-order valence-electron chi connectivity index (χ0n) is 4.24. The Kier molecular flexibility index (Phi) is 2.96. The molecule has 0 unspecified atom stereocenters. The van der Waals surface area contributed by atoms with Crippen LogP contribution in [0, 0.1) is 0 Å². The molecule has 0 saturated carbocycles. The molecule has 50 valence electrons. The second-order valence-electron chi connectivity index (χ2n) is 1.30. The van der Waals surface area contributed by atoms with Crippen LogP contribution in [0.3, 0.4) is 0 Å². The average molecular weight is 140 g/mol. The number of sulfone groups is 1. The highest BCUT2D eigenvalue weighted by atomic mass is 32.2. The molecule has 0 spiro atoms. The van der Waals surface area contributed by atoms with E-state index in [1.165, 1.54) is 0 Å². The van der Waals surface area contributed by atoms with Crippen LogP contribution in [0.2, 0.25) is 0 Å². The van der Waals surface area contributed by atoms with Crippen LogP contribution in [-0.2, 0) is 9.84 Å². The van der Waals surface area contributed by atoms with E-state index in [9.17, 15) is 8.42 Å². The first-order valence-corrected chi connectivity index (χ1v) is 3.86. The third-order valence-electron chi connectivity index (χ3n) is 0.599. The lowest BCUT2D eigenvalue weighted by Crippen LogP contribution is -2.12. The van der Waals surface area contributed by atoms with Crippen LogP contribution in [-0.4, -0.2) is 36.9 Å². The van der Waals surface area contributed by atoms with Crippen molar-refractivity contribution in [2.75, 3.05) is 18.3 Å². The van der Waals surface area contributed by atoms with Crippen LogP contribution in [0.5, 0.6) is 0 Å². The Labute approximate surface area is 47.7 Å². The Morgan fingerprint density at radius 3 is 1.88 bits per heavy atom. The number of hydrogen-bond acceptors (Lipinski definition) is 4. The van der Waals surface area contributed by atoms with Crippen LogP contribution in [0.1, 0.15) is 0 Å². The van der Waals surface area contributed by atoms with Crippen molar-refractivity contribution in [3.8, 4) is 0 Å². The Bertz CT molecular complexity index is 135. The second kappa shape index (κ2) is 3.01. The molecule has 0 radical (unpaired) electrons. The Hall–Kier alpha value is -0.130. The summed E-state index contributed by atoms with van der Waals surface area (Å²) in [4.78, 5) is 0. The lowest BCUT2D eigenvalue weighted by Gasteiger charge is -1.92. The summed E-state index contributed by atoms with van der Waals surface area (Å²) >= 11 is 0. The van der Waals surface area contributed by atoms with Gasteiger partial charge in [-0.05, 0) is 0 Å². The summed E-state index contributed by atoms with van der Waals surface area (Å²) in [5.74, 6) is -1.24. The maximum Gasteiger partial charge on any atom is 0.176 e. The van der Waals surface area contributed by atoms with E-state index in [1.807, 2.05) is 0 Å². The molecule has 0 bridgehead atoms. The van der Waals surface area contributed by atoms with Crippen molar-refractivity contribution in [2.45, 2.75) is 0 Å². The molecule has 0 aliphatic carbocycles. The standard InChI is InChI=1S/C3H8O4S/c4-1-2-8(6,7)3-5/h4-5H,1-3H2. The number of hydrogen-bond donors (Lipinski definition) is 2. The van der Waals surface area contributed by atoms with Gasteiger partial charge in [-0.2, -0.15) is 0 Å². The topological polar surface area (TPSA) is 74.6 Å². The molecule has 0 atom stereocenters. The molecule has 8 heavy (non-hydrogen) atoms. The first kappa shape index (κ1) is 7.87. The van der Waals surface area contributed by atoms with Gasteiger partial charge in [-0.1, -0.05) is 0 Å². The minimum absolute atomic E-state index is 0.358. The van der Waals surface area contributed by atoms with Gasteiger partial charge in [0.1, 0.15) is 5.94 Å². The number of aliphatic hydroxyl groups is 2. The Balaban J connectivity index is 3.76. The normalized spacial score (nSPS) is 11.8. The molecule has 0 aromatic heterocycles. The molecule has 0 heterocycles. The molecule has 0 aliphatic rings. The van der Waals surface area contributed by atoms with E-state index in [0.717, 1.165) is 0 Å². The third-order valence-corrected chi connectivity index (χ3v) is 1.80. The highest BCUT2D eigenvalue weighted by Crippen LogP contribution is 1.83. The van der Waals surface area contributed by atoms with E-state index in [1.54, 1.807) is 0 Å². The predicted molar refractivity (Wildman–Crippen MR) is 28.0 cm³/mol. The summed E-state index contributed by atoms with van der Waals surface area (Å²) in [6.45, 7) is -0.428. The summed E-state index contributed by atoms with van der Waals surface area (Å²) in [6, 6.07) is 0. The molecule has 0 rings (SSSR count). The molecule has 0 amide bonds. The molecule has 0 aromatic rings. The van der Waals surface area contributed by atoms with E-state index in [-0.39, 0.29) is 5.75 Å². The lowest BCUT2D eigenvalue weighted by atomic mass is 10.9. The van der Waals surface area contributed by atoms with Crippen molar-refractivity contribution in [1.29, 1.82) is 0 Å². The van der Waals surface area contributed by atoms with E-state index in [4.69, 9.17) is 10.2 Å². The Morgan fingerprint density at radius 1 is 1.25 bits per heavy atom. The molecular formula is C3H8O4S. The van der Waals surface area contributed by atoms with Gasteiger partial charge < -0.3 is 10.2 Å². The summed E-state index contributed by atoms with van der Waals surface area (Å²) in [5.41, 5.74) is 0. The third kappa shape index (κ3) is 2.95. The van der Waals surface area contributed by atoms with Crippen molar-refractivity contribution in [3.63, 3.8) is 0 Å². The fourth-order valence-corrected chi connectivity index (χ4v) is 0.611. The zero-order valence-corrected chi connectivity index (χ0v) is 5.06. The summed E-state index contributed by atoms with van der Waals surface area (Å²) in [6.07, 6.45) is 0. The number of aliphatic hydroxyl groups excluding tert-OH is 2. The first-order chi connectivity index (χ1) is 3.62. The van der Waals surface area contributed by atoms with Gasteiger partial charge in [-0.15, -0.1) is 0 Å². The van der Waals surface area contributed by atoms with Crippen molar-refractivity contribution in [2.24, 2.45) is 0 Å². The highest BCUT2D eigenvalue weighted by molar-refractivity contribution is 7.91. The van der Waals surface area contributed by atoms with Gasteiger partial charge in [0.25, 0.3) is 0 Å². The van der Waals surface area contributed by atoms with Crippen LogP contribution in [0.25, 0.3) is 0 Å². The van der Waals surface area contributed by atoms with Crippen LogP contribution in [0.4, 0.5) is 0 Å². The molecule has 2 N–H and O–H groups in total. The van der Waals surface area contributed by atoms with Crippen LogP contribution >= 0.6 is 0 Å². The summed E-state index contributed by atoms with van der Waals surface area (Å²) in [5, 5.41) is 16.1. The molecular weight excluding hydrogens is 132 g/mol. The molecule has 0 saturated heterocycles. The second-order valence-corrected chi connectivity index (χ2v) is 3.45. The van der Waals surface area contributed by atoms with Gasteiger partial charge in [-0.3, -0.25) is 0 Å². The van der Waals surface area contributed by atoms with E-state index >= 15 is 0 Å². The number of rotatable bonds is 3. The van der Waals surface area contributed by atoms with Gasteiger partial charge in [0.05, 0.1) is 12.4 Å². The first-order valence-electron chi connectivity index (χ1n) is 2.04. The molecule has 0 aliphatic heterocycles. The molecule has 0 aromatic carbocycles. The average Bonchev–Trinajstić information content (AvgIpc) is 1.67. The minimum atomic E-state index is -3.36. The van der Waals surface area contributed by atoms with Gasteiger partial charge in [-0.25, -0.2) is 8.42 Å². The van der Waals surface area contributed by atoms with Gasteiger partial charge in [0, 0.05) is 0 Å². The monoisotopic (exact) mass is 140 g/mol. The quantitative estimate of drug-likeness (QED) is 0.492. The fourth-order valence-electron chi connectivity index (χ4n) is 0.204. The van der Waals surface area contributed by atoms with Crippen LogP contribution in [0.15, 0.2) is 0 Å². The van der Waals surface area contributed by atoms with E-state index < -0.39 is 22.4 Å². The lowest BCUT2D eigenvalue weighted by molar-refractivity contribution is 0.314. The smallest absolute Gasteiger partial charge is 0.176 e. The molecule has 5 heteroatoms. The van der Waals surface area contributed by atoms with Crippen LogP contribution < -0.4 is 0 Å². The van der Waals surface area contributed by atoms with Crippen molar-refractivity contribution >= 4 is 9.84 Å². The zero-order chi connectivity index (χ0) is 6.62. The van der Waals surface area contributed by atoms with Crippen molar-refractivity contribution in [3.05, 3.63) is 0 Å². The highest BCUT2D eigenvalue weighted by Gasteiger charge is 2.04. The summed E-state index contributed by atoms with van der Waals surface area (Å²) < 4.78 is 20.4. The van der Waals surface area contributed by atoms with E-state index in [2.05, 4.69) is 0 Å². The van der Waals surface area contributed by atoms with Crippen molar-refractivity contribution in [1.82, 2.24) is 0 Å². The largest absolute Gasteiger partial charge is 0.395 e. The SMILES string of the molecule is O=S(=O)(CO)CCO. The van der Waals surface area contributed by atoms with Gasteiger partial charge in [0.2, 0.25) is 0 Å². The van der Waals surface area contributed by atoms with Gasteiger partial charge in [0.15, 0.2) is 9.84 Å². The fraction of sp³-hybridized carbons (Fsp3) is 1.00. The molecule has 4 nitrogen and oxygen atoms in total. The minimum Gasteiger partial charge on any atom is -0.395 e. The van der Waals surface area contributed by atoms with Gasteiger partial charge >= 0.3 is 0 Å². The Morgan fingerprint density at radius 2 is 1.75 bits per heavy atom. The van der Waals surface area contributed by atoms with E-state index in [0.29, 0.717) is 0 Å². The molecule has 0 fully saturated rings. The van der Waals surface area contributed by atoms with Crippen molar-refractivity contribution < 1.29 is 18.6 Å². The maximum atomic E-state index is 10.2.